The van der Waals surface area contributed by atoms with Crippen LogP contribution in [0.1, 0.15) is 25.0 Å². The van der Waals surface area contributed by atoms with Gasteiger partial charge in [-0.1, -0.05) is 11.8 Å². The Morgan fingerprint density at radius 2 is 2.37 bits per heavy atom. The lowest BCUT2D eigenvalue weighted by molar-refractivity contribution is -0.133. The maximum atomic E-state index is 11.6. The van der Waals surface area contributed by atoms with Gasteiger partial charge in [-0.2, -0.15) is 5.26 Å². The van der Waals surface area contributed by atoms with Crippen LogP contribution in [0.15, 0.2) is 28.4 Å². The van der Waals surface area contributed by atoms with Crippen LogP contribution >= 0.6 is 11.8 Å². The molecule has 0 bridgehead atoms. The van der Waals surface area contributed by atoms with Gasteiger partial charge in [0.25, 0.3) is 0 Å². The van der Waals surface area contributed by atoms with E-state index < -0.39 is 5.97 Å². The number of hydrogen-bond acceptors (Lipinski definition) is 8. The van der Waals surface area contributed by atoms with Gasteiger partial charge in [0, 0.05) is 37.7 Å². The van der Waals surface area contributed by atoms with Gasteiger partial charge in [-0.3, -0.25) is 4.79 Å². The van der Waals surface area contributed by atoms with Gasteiger partial charge < -0.3 is 20.6 Å². The Hall–Kier alpha value is -3.06. The van der Waals surface area contributed by atoms with E-state index in [0.29, 0.717) is 36.2 Å². The molecule has 10 heteroatoms. The van der Waals surface area contributed by atoms with Gasteiger partial charge in [0.15, 0.2) is 0 Å². The highest BCUT2D eigenvalue weighted by Gasteiger charge is 2.21. The fourth-order valence-electron chi connectivity index (χ4n) is 2.74. The third-order valence-electron chi connectivity index (χ3n) is 4.08. The van der Waals surface area contributed by atoms with E-state index in [-0.39, 0.29) is 17.2 Å². The Balaban J connectivity index is 1.60. The molecular weight excluding hydrogens is 368 g/mol. The lowest BCUT2D eigenvalue weighted by Gasteiger charge is -2.15. The molecule has 0 spiro atoms. The van der Waals surface area contributed by atoms with Crippen molar-refractivity contribution in [2.75, 3.05) is 25.0 Å². The molecule has 3 heterocycles. The molecule has 1 aromatic rings. The van der Waals surface area contributed by atoms with Gasteiger partial charge >= 0.3 is 5.97 Å². The van der Waals surface area contributed by atoms with Gasteiger partial charge in [-0.25, -0.2) is 14.8 Å². The minimum Gasteiger partial charge on any atom is -0.477 e. The predicted octanol–water partition coefficient (Wildman–Crippen LogP) is 1.36. The van der Waals surface area contributed by atoms with Crippen molar-refractivity contribution < 1.29 is 14.7 Å². The van der Waals surface area contributed by atoms with Crippen LogP contribution in [-0.4, -0.2) is 51.5 Å². The summed E-state index contributed by atoms with van der Waals surface area (Å²) in [5, 5.41) is 26.1. The maximum Gasteiger partial charge on any atom is 0.352 e. The molecule has 9 nitrogen and oxygen atoms in total. The molecule has 1 saturated heterocycles. The number of carboxylic acid groups (broad SMARTS) is 1. The number of hydrogen-bond donors (Lipinski definition) is 3. The summed E-state index contributed by atoms with van der Waals surface area (Å²) in [7, 11) is 0. The van der Waals surface area contributed by atoms with Crippen molar-refractivity contribution in [1.82, 2.24) is 20.2 Å². The van der Waals surface area contributed by atoms with Crippen molar-refractivity contribution in [3.8, 4) is 6.07 Å². The lowest BCUT2D eigenvalue weighted by Crippen LogP contribution is -2.27. The Kier molecular flexibility index (Phi) is 5.93. The maximum absolute atomic E-state index is 11.6. The number of rotatable bonds is 7. The van der Waals surface area contributed by atoms with Crippen molar-refractivity contribution >= 4 is 35.2 Å². The van der Waals surface area contributed by atoms with Gasteiger partial charge in [0.2, 0.25) is 11.9 Å². The molecule has 0 unspecified atom stereocenters. The molecule has 3 rings (SSSR count). The zero-order valence-electron chi connectivity index (χ0n) is 14.4. The first kappa shape index (κ1) is 18.7. The number of amides is 1. The number of carbonyl (C=O) groups is 2. The van der Waals surface area contributed by atoms with Crippen LogP contribution in [0, 0.1) is 11.3 Å². The Labute approximate surface area is 160 Å². The Morgan fingerprint density at radius 3 is 3.04 bits per heavy atom. The van der Waals surface area contributed by atoms with E-state index in [0.717, 1.165) is 31.1 Å². The van der Waals surface area contributed by atoms with Crippen LogP contribution in [0.2, 0.25) is 0 Å². The van der Waals surface area contributed by atoms with Gasteiger partial charge in [-0.05, 0) is 18.9 Å². The molecule has 0 aromatic carbocycles. The van der Waals surface area contributed by atoms with E-state index >= 15 is 0 Å². The summed E-state index contributed by atoms with van der Waals surface area (Å²) in [4.78, 5) is 32.9. The van der Waals surface area contributed by atoms with Crippen LogP contribution in [-0.2, 0) is 9.59 Å². The molecule has 0 saturated carbocycles. The van der Waals surface area contributed by atoms with Crippen LogP contribution in [0.3, 0.4) is 0 Å². The number of allylic oxidation sites excluding steroid dienone is 1. The van der Waals surface area contributed by atoms with E-state index in [2.05, 4.69) is 26.7 Å². The average Bonchev–Trinajstić information content (AvgIpc) is 3.30. The van der Waals surface area contributed by atoms with Crippen molar-refractivity contribution in [2.24, 2.45) is 0 Å². The number of carbonyl (C=O) groups excluding carboxylic acids is 1. The zero-order chi connectivity index (χ0) is 19.2. The number of aliphatic carboxylic acids is 1. The summed E-state index contributed by atoms with van der Waals surface area (Å²) in [6, 6.07) is 3.66. The largest absolute Gasteiger partial charge is 0.477 e. The fraction of sp³-hybridized carbons (Fsp3) is 0.353. The Bertz CT molecular complexity index is 860. The van der Waals surface area contributed by atoms with Gasteiger partial charge in [0.05, 0.1) is 10.7 Å². The summed E-state index contributed by atoms with van der Waals surface area (Å²) >= 11 is 1.13. The van der Waals surface area contributed by atoms with E-state index in [1.54, 1.807) is 6.07 Å². The molecule has 0 atom stereocenters. The standard InChI is InChI=1S/C17H18N6O3S/c18-9-11(15-21-13(10-27-15)16(25)26)12-4-6-20-17(22-12)19-5-2-8-23-7-1-3-14(23)24/h4,6,10,21H,1-3,5,7-8H2,(H,25,26)(H,19,20,22). The molecule has 1 aromatic heterocycles. The molecule has 2 aliphatic rings. The number of carboxylic acids is 1. The number of anilines is 1. The second kappa shape index (κ2) is 8.55. The normalized spacial score (nSPS) is 18.0. The van der Waals surface area contributed by atoms with Crippen molar-refractivity contribution in [1.29, 1.82) is 5.26 Å². The third kappa shape index (κ3) is 4.57. The van der Waals surface area contributed by atoms with Crippen molar-refractivity contribution in [3.63, 3.8) is 0 Å². The SMILES string of the molecule is N#CC(=C1NC(C(=O)O)=CS1)c1ccnc(NCCCN2CCCC2=O)n1. The highest BCUT2D eigenvalue weighted by molar-refractivity contribution is 8.06. The number of nitrogens with zero attached hydrogens (tertiary/aromatic N) is 4. The van der Waals surface area contributed by atoms with E-state index in [1.165, 1.54) is 11.6 Å². The molecule has 140 valence electrons. The highest BCUT2D eigenvalue weighted by Crippen LogP contribution is 2.31. The molecule has 1 amide bonds. The predicted molar refractivity (Wildman–Crippen MR) is 99.9 cm³/mol. The summed E-state index contributed by atoms with van der Waals surface area (Å²) in [5.74, 6) is -0.506. The molecule has 0 aliphatic carbocycles. The smallest absolute Gasteiger partial charge is 0.352 e. The number of nitrogens with one attached hydrogen (secondary N) is 2. The summed E-state index contributed by atoms with van der Waals surface area (Å²) in [6.45, 7) is 2.12. The molecule has 2 aliphatic heterocycles. The monoisotopic (exact) mass is 386 g/mol. The number of aromatic nitrogens is 2. The first-order valence-electron chi connectivity index (χ1n) is 8.45. The zero-order valence-corrected chi connectivity index (χ0v) is 15.3. The van der Waals surface area contributed by atoms with Crippen LogP contribution in [0.25, 0.3) is 5.57 Å². The highest BCUT2D eigenvalue weighted by atomic mass is 32.2. The number of likely N-dealkylation sites (tertiary alicyclic amines) is 1. The van der Waals surface area contributed by atoms with Gasteiger partial charge in [0.1, 0.15) is 17.3 Å². The Morgan fingerprint density at radius 1 is 1.52 bits per heavy atom. The topological polar surface area (TPSA) is 131 Å². The molecule has 1 fully saturated rings. The summed E-state index contributed by atoms with van der Waals surface area (Å²) < 4.78 is 0. The van der Waals surface area contributed by atoms with E-state index in [9.17, 15) is 14.9 Å². The van der Waals surface area contributed by atoms with Crippen LogP contribution in [0.4, 0.5) is 5.95 Å². The minimum absolute atomic E-state index is 0.0200. The first-order chi connectivity index (χ1) is 13.1. The first-order valence-corrected chi connectivity index (χ1v) is 9.33. The minimum atomic E-state index is -1.09. The molecule has 0 radical (unpaired) electrons. The second-order valence-electron chi connectivity index (χ2n) is 5.93. The number of thioether (sulfide) groups is 1. The van der Waals surface area contributed by atoms with E-state index in [4.69, 9.17) is 5.11 Å². The van der Waals surface area contributed by atoms with Crippen molar-refractivity contribution in [3.05, 3.63) is 34.1 Å². The molecular formula is C17H18N6O3S. The fourth-order valence-corrected chi connectivity index (χ4v) is 3.57. The second-order valence-corrected chi connectivity index (χ2v) is 6.81. The number of nitriles is 1. The van der Waals surface area contributed by atoms with Crippen LogP contribution < -0.4 is 10.6 Å². The van der Waals surface area contributed by atoms with E-state index in [1.807, 2.05) is 4.90 Å². The molecule has 3 N–H and O–H groups in total. The molecule has 27 heavy (non-hydrogen) atoms. The third-order valence-corrected chi connectivity index (χ3v) is 4.98. The lowest BCUT2D eigenvalue weighted by atomic mass is 10.2. The average molecular weight is 386 g/mol. The summed E-state index contributed by atoms with van der Waals surface area (Å²) in [5.41, 5.74) is 0.673. The summed E-state index contributed by atoms with van der Waals surface area (Å²) in [6.07, 6.45) is 3.87. The van der Waals surface area contributed by atoms with Crippen molar-refractivity contribution in [2.45, 2.75) is 19.3 Å². The van der Waals surface area contributed by atoms with Gasteiger partial charge in [-0.15, -0.1) is 0 Å². The van der Waals surface area contributed by atoms with Crippen LogP contribution in [0.5, 0.6) is 0 Å². The quantitative estimate of drug-likeness (QED) is 0.469.